The van der Waals surface area contributed by atoms with Crippen molar-refractivity contribution in [2.45, 2.75) is 43.1 Å². The van der Waals surface area contributed by atoms with Gasteiger partial charge in [0.25, 0.3) is 5.91 Å². The summed E-state index contributed by atoms with van der Waals surface area (Å²) in [5.41, 5.74) is 3.43. The Bertz CT molecular complexity index is 632. The molecule has 3 rings (SSSR count). The van der Waals surface area contributed by atoms with Crippen LogP contribution in [0.4, 0.5) is 0 Å². The highest BCUT2D eigenvalue weighted by molar-refractivity contribution is 7.99. The van der Waals surface area contributed by atoms with Crippen molar-refractivity contribution in [3.05, 3.63) is 34.7 Å². The molecule has 1 heterocycles. The zero-order chi connectivity index (χ0) is 14.7. The third-order valence-electron chi connectivity index (χ3n) is 4.05. The van der Waals surface area contributed by atoms with Crippen LogP contribution < -0.4 is 11.3 Å². The first-order valence-electron chi connectivity index (χ1n) is 7.42. The number of fused-ring (bicyclic) bond motifs is 1. The quantitative estimate of drug-likeness (QED) is 0.507. The minimum absolute atomic E-state index is 0.171. The molecular weight excluding hydrogens is 300 g/mol. The molecule has 0 unspecified atom stereocenters. The van der Waals surface area contributed by atoms with Crippen LogP contribution in [0.1, 0.15) is 47.3 Å². The summed E-state index contributed by atoms with van der Waals surface area (Å²) in [6.07, 6.45) is 6.69. The highest BCUT2D eigenvalue weighted by atomic mass is 32.2. The number of hydrogen-bond donors (Lipinski definition) is 2. The van der Waals surface area contributed by atoms with Crippen molar-refractivity contribution >= 4 is 39.1 Å². The molecule has 1 aliphatic carbocycles. The lowest BCUT2D eigenvalue weighted by molar-refractivity contribution is 0.0957. The standard InChI is InChI=1S/C16H20N2OS2/c17-18-16(19)15-13(10-20-11-6-2-1-3-7-11)12-8-4-5-9-14(12)21-15/h4-5,8-9,11H,1-3,6-7,10,17H2,(H,18,19). The van der Waals surface area contributed by atoms with Gasteiger partial charge in [-0.2, -0.15) is 11.8 Å². The van der Waals surface area contributed by atoms with Crippen LogP contribution in [0.2, 0.25) is 0 Å². The van der Waals surface area contributed by atoms with Crippen LogP contribution in [0.3, 0.4) is 0 Å². The first-order chi connectivity index (χ1) is 10.3. The van der Waals surface area contributed by atoms with E-state index >= 15 is 0 Å². The Morgan fingerprint density at radius 2 is 2.05 bits per heavy atom. The molecule has 21 heavy (non-hydrogen) atoms. The molecule has 0 bridgehead atoms. The van der Waals surface area contributed by atoms with Gasteiger partial charge in [0.1, 0.15) is 0 Å². The number of thiophene rings is 1. The largest absolute Gasteiger partial charge is 0.289 e. The Balaban J connectivity index is 1.85. The minimum Gasteiger partial charge on any atom is -0.289 e. The van der Waals surface area contributed by atoms with Crippen LogP contribution in [0.25, 0.3) is 10.1 Å². The van der Waals surface area contributed by atoms with Gasteiger partial charge in [-0.1, -0.05) is 37.5 Å². The maximum absolute atomic E-state index is 12.0. The Hall–Kier alpha value is -1.04. The molecule has 0 spiro atoms. The maximum Gasteiger partial charge on any atom is 0.275 e. The fraction of sp³-hybridized carbons (Fsp3) is 0.438. The molecule has 1 aliphatic rings. The van der Waals surface area contributed by atoms with Gasteiger partial charge in [0.2, 0.25) is 0 Å². The van der Waals surface area contributed by atoms with Crippen molar-refractivity contribution in [2.24, 2.45) is 5.84 Å². The topological polar surface area (TPSA) is 55.1 Å². The van der Waals surface area contributed by atoms with E-state index in [4.69, 9.17) is 5.84 Å². The summed E-state index contributed by atoms with van der Waals surface area (Å²) in [6.45, 7) is 0. The molecule has 1 aromatic heterocycles. The van der Waals surface area contributed by atoms with E-state index in [-0.39, 0.29) is 5.91 Å². The SMILES string of the molecule is NNC(=O)c1sc2ccccc2c1CSC1CCCCC1. The Kier molecular flexibility index (Phi) is 4.83. The van der Waals surface area contributed by atoms with Gasteiger partial charge in [-0.05, 0) is 29.9 Å². The van der Waals surface area contributed by atoms with Crippen LogP contribution in [0, 0.1) is 0 Å². The summed E-state index contributed by atoms with van der Waals surface area (Å²) in [7, 11) is 0. The number of carbonyl (C=O) groups is 1. The predicted molar refractivity (Wildman–Crippen MR) is 91.6 cm³/mol. The number of hydrazine groups is 1. The summed E-state index contributed by atoms with van der Waals surface area (Å²) < 4.78 is 1.16. The number of benzene rings is 1. The first-order valence-corrected chi connectivity index (χ1v) is 9.29. The van der Waals surface area contributed by atoms with E-state index in [1.165, 1.54) is 48.8 Å². The molecule has 3 nitrogen and oxygen atoms in total. The van der Waals surface area contributed by atoms with Crippen LogP contribution in [0.15, 0.2) is 24.3 Å². The maximum atomic E-state index is 12.0. The van der Waals surface area contributed by atoms with E-state index in [1.54, 1.807) is 0 Å². The number of amides is 1. The van der Waals surface area contributed by atoms with E-state index in [9.17, 15) is 4.79 Å². The van der Waals surface area contributed by atoms with Gasteiger partial charge >= 0.3 is 0 Å². The molecule has 1 fully saturated rings. The molecule has 0 radical (unpaired) electrons. The second-order valence-electron chi connectivity index (χ2n) is 5.45. The number of hydrogen-bond acceptors (Lipinski definition) is 4. The van der Waals surface area contributed by atoms with Gasteiger partial charge in [0, 0.05) is 15.7 Å². The molecule has 0 saturated heterocycles. The smallest absolute Gasteiger partial charge is 0.275 e. The van der Waals surface area contributed by atoms with Crippen molar-refractivity contribution < 1.29 is 4.79 Å². The molecule has 3 N–H and O–H groups in total. The average Bonchev–Trinajstić information content (AvgIpc) is 2.92. The van der Waals surface area contributed by atoms with Crippen LogP contribution in [0.5, 0.6) is 0 Å². The third kappa shape index (κ3) is 3.25. The number of thioether (sulfide) groups is 1. The normalized spacial score (nSPS) is 16.2. The van der Waals surface area contributed by atoms with Crippen molar-refractivity contribution in [3.8, 4) is 0 Å². The van der Waals surface area contributed by atoms with Crippen molar-refractivity contribution in [1.29, 1.82) is 0 Å². The minimum atomic E-state index is -0.171. The van der Waals surface area contributed by atoms with E-state index in [0.717, 1.165) is 26.1 Å². The lowest BCUT2D eigenvalue weighted by Crippen LogP contribution is -2.29. The van der Waals surface area contributed by atoms with E-state index in [2.05, 4.69) is 17.6 Å². The fourth-order valence-corrected chi connectivity index (χ4v) is 5.51. The van der Waals surface area contributed by atoms with Gasteiger partial charge in [0.05, 0.1) is 4.88 Å². The van der Waals surface area contributed by atoms with Gasteiger partial charge in [0.15, 0.2) is 0 Å². The van der Waals surface area contributed by atoms with E-state index < -0.39 is 0 Å². The summed E-state index contributed by atoms with van der Waals surface area (Å²) in [4.78, 5) is 12.8. The molecule has 1 aromatic carbocycles. The fourth-order valence-electron chi connectivity index (χ4n) is 2.92. The van der Waals surface area contributed by atoms with Crippen LogP contribution >= 0.6 is 23.1 Å². The molecule has 5 heteroatoms. The molecule has 0 aliphatic heterocycles. The second-order valence-corrected chi connectivity index (χ2v) is 7.79. The van der Waals surface area contributed by atoms with Crippen LogP contribution in [-0.4, -0.2) is 11.2 Å². The molecule has 1 saturated carbocycles. The lowest BCUT2D eigenvalue weighted by Gasteiger charge is -2.21. The Morgan fingerprint density at radius 1 is 1.29 bits per heavy atom. The predicted octanol–water partition coefficient (Wildman–Crippen LogP) is 4.07. The van der Waals surface area contributed by atoms with Crippen LogP contribution in [-0.2, 0) is 5.75 Å². The molecule has 1 amide bonds. The highest BCUT2D eigenvalue weighted by Gasteiger charge is 2.20. The van der Waals surface area contributed by atoms with E-state index in [1.807, 2.05) is 23.9 Å². The van der Waals surface area contributed by atoms with Crippen molar-refractivity contribution in [1.82, 2.24) is 5.43 Å². The summed E-state index contributed by atoms with van der Waals surface area (Å²) in [6, 6.07) is 8.23. The van der Waals surface area contributed by atoms with Gasteiger partial charge in [-0.25, -0.2) is 5.84 Å². The lowest BCUT2D eigenvalue weighted by atomic mass is 10.0. The van der Waals surface area contributed by atoms with Crippen molar-refractivity contribution in [3.63, 3.8) is 0 Å². The van der Waals surface area contributed by atoms with Gasteiger partial charge in [-0.3, -0.25) is 10.2 Å². The van der Waals surface area contributed by atoms with Gasteiger partial charge in [-0.15, -0.1) is 11.3 Å². The molecular formula is C16H20N2OS2. The Labute approximate surface area is 133 Å². The number of nitrogen functional groups attached to an aromatic ring is 1. The molecule has 0 atom stereocenters. The van der Waals surface area contributed by atoms with Crippen molar-refractivity contribution in [2.75, 3.05) is 0 Å². The first kappa shape index (κ1) is 14.9. The van der Waals surface area contributed by atoms with Gasteiger partial charge < -0.3 is 0 Å². The number of nitrogens with two attached hydrogens (primary N) is 1. The summed E-state index contributed by atoms with van der Waals surface area (Å²) in [5, 5.41) is 1.94. The monoisotopic (exact) mass is 320 g/mol. The zero-order valence-electron chi connectivity index (χ0n) is 11.9. The highest BCUT2D eigenvalue weighted by Crippen LogP contribution is 2.37. The molecule has 2 aromatic rings. The second kappa shape index (κ2) is 6.81. The summed E-state index contributed by atoms with van der Waals surface area (Å²) in [5.74, 6) is 6.06. The third-order valence-corrected chi connectivity index (χ3v) is 6.66. The number of carbonyl (C=O) groups excluding carboxylic acids is 1. The summed E-state index contributed by atoms with van der Waals surface area (Å²) >= 11 is 3.54. The zero-order valence-corrected chi connectivity index (χ0v) is 13.6. The Morgan fingerprint density at radius 3 is 2.81 bits per heavy atom. The average molecular weight is 320 g/mol. The van der Waals surface area contributed by atoms with E-state index in [0.29, 0.717) is 0 Å². The number of nitrogens with one attached hydrogen (secondary N) is 1. The number of rotatable bonds is 4. The molecule has 112 valence electrons.